The summed E-state index contributed by atoms with van der Waals surface area (Å²) in [7, 11) is 1.80. The highest BCUT2D eigenvalue weighted by Gasteiger charge is 2.07. The number of furan rings is 1. The second kappa shape index (κ2) is 13.0. The molecule has 1 aromatic heterocycles. The largest absolute Gasteiger partial charge is 0.467 e. The van der Waals surface area contributed by atoms with E-state index in [0.717, 1.165) is 50.9 Å². The second-order valence-electron chi connectivity index (χ2n) is 6.57. The minimum absolute atomic E-state index is 0.517. The molecule has 6 heteroatoms. The first-order valence-corrected chi connectivity index (χ1v) is 10.1. The maximum Gasteiger partial charge on any atom is 0.191 e. The van der Waals surface area contributed by atoms with E-state index in [0.29, 0.717) is 13.2 Å². The first-order chi connectivity index (χ1) is 13.8. The van der Waals surface area contributed by atoms with Crippen LogP contribution in [0.2, 0.25) is 0 Å². The van der Waals surface area contributed by atoms with Gasteiger partial charge in [0, 0.05) is 33.3 Å². The van der Waals surface area contributed by atoms with Crippen LogP contribution in [0.3, 0.4) is 0 Å². The van der Waals surface area contributed by atoms with Crippen LogP contribution in [0.25, 0.3) is 0 Å². The van der Waals surface area contributed by atoms with E-state index in [1.807, 2.05) is 12.1 Å². The van der Waals surface area contributed by atoms with Crippen LogP contribution in [0.4, 0.5) is 0 Å². The van der Waals surface area contributed by atoms with Gasteiger partial charge in [-0.3, -0.25) is 9.89 Å². The van der Waals surface area contributed by atoms with E-state index >= 15 is 0 Å². The fraction of sp³-hybridized carbons (Fsp3) is 0.500. The Balaban J connectivity index is 1.70. The summed E-state index contributed by atoms with van der Waals surface area (Å²) in [6, 6.07) is 12.4. The average Bonchev–Trinajstić information content (AvgIpc) is 3.25. The zero-order valence-electron chi connectivity index (χ0n) is 17.4. The van der Waals surface area contributed by atoms with Crippen molar-refractivity contribution in [2.45, 2.75) is 40.0 Å². The number of hydrogen-bond donors (Lipinski definition) is 2. The summed E-state index contributed by atoms with van der Waals surface area (Å²) in [6.45, 7) is 10.3. The molecule has 0 unspecified atom stereocenters. The van der Waals surface area contributed by atoms with Crippen molar-refractivity contribution in [1.82, 2.24) is 15.5 Å². The van der Waals surface area contributed by atoms with Crippen molar-refractivity contribution in [3.63, 3.8) is 0 Å². The standard InChI is InChI=1S/C22H34N4O2/c1-4-26(5-2)17-20-11-7-6-10-19(20)16-25-22(23-3)24-13-9-14-27-18-21-12-8-15-28-21/h6-8,10-12,15H,4-5,9,13-14,16-18H2,1-3H3,(H2,23,24,25). The van der Waals surface area contributed by atoms with Gasteiger partial charge in [-0.15, -0.1) is 0 Å². The first kappa shape index (κ1) is 22.0. The summed E-state index contributed by atoms with van der Waals surface area (Å²) in [6.07, 6.45) is 2.57. The van der Waals surface area contributed by atoms with Crippen LogP contribution in [-0.2, 0) is 24.4 Å². The van der Waals surface area contributed by atoms with Gasteiger partial charge in [-0.2, -0.15) is 0 Å². The molecule has 28 heavy (non-hydrogen) atoms. The summed E-state index contributed by atoms with van der Waals surface area (Å²) in [4.78, 5) is 6.74. The molecular formula is C22H34N4O2. The Bertz CT molecular complexity index is 682. The number of nitrogens with zero attached hydrogens (tertiary/aromatic N) is 2. The van der Waals surface area contributed by atoms with Gasteiger partial charge in [0.25, 0.3) is 0 Å². The fourth-order valence-corrected chi connectivity index (χ4v) is 2.92. The van der Waals surface area contributed by atoms with Crippen LogP contribution >= 0.6 is 0 Å². The summed E-state index contributed by atoms with van der Waals surface area (Å²) in [5.41, 5.74) is 2.67. The maximum atomic E-state index is 5.60. The minimum Gasteiger partial charge on any atom is -0.467 e. The maximum absolute atomic E-state index is 5.60. The summed E-state index contributed by atoms with van der Waals surface area (Å²) < 4.78 is 10.8. The van der Waals surface area contributed by atoms with Crippen molar-refractivity contribution in [1.29, 1.82) is 0 Å². The Kier molecular flexibility index (Phi) is 10.2. The smallest absolute Gasteiger partial charge is 0.191 e. The molecule has 2 aromatic rings. The van der Waals surface area contributed by atoms with E-state index in [1.165, 1.54) is 11.1 Å². The predicted molar refractivity (Wildman–Crippen MR) is 114 cm³/mol. The third-order valence-corrected chi connectivity index (χ3v) is 4.66. The number of nitrogens with one attached hydrogen (secondary N) is 2. The normalized spacial score (nSPS) is 11.8. The van der Waals surface area contributed by atoms with Crippen LogP contribution in [0, 0.1) is 0 Å². The Morgan fingerprint density at radius 2 is 1.86 bits per heavy atom. The average molecular weight is 387 g/mol. The van der Waals surface area contributed by atoms with Crippen LogP contribution in [0.5, 0.6) is 0 Å². The molecule has 0 spiro atoms. The molecule has 2 rings (SSSR count). The van der Waals surface area contributed by atoms with E-state index < -0.39 is 0 Å². The summed E-state index contributed by atoms with van der Waals surface area (Å²) in [5.74, 6) is 1.66. The van der Waals surface area contributed by atoms with Crippen molar-refractivity contribution < 1.29 is 9.15 Å². The zero-order chi connectivity index (χ0) is 20.0. The van der Waals surface area contributed by atoms with Crippen LogP contribution in [0.15, 0.2) is 52.1 Å². The van der Waals surface area contributed by atoms with Crippen molar-refractivity contribution in [2.24, 2.45) is 4.99 Å². The van der Waals surface area contributed by atoms with Gasteiger partial charge in [-0.25, -0.2) is 0 Å². The molecule has 0 radical (unpaired) electrons. The molecule has 0 aliphatic rings. The summed E-state index contributed by atoms with van der Waals surface area (Å²) >= 11 is 0. The van der Waals surface area contributed by atoms with Gasteiger partial charge in [0.2, 0.25) is 0 Å². The van der Waals surface area contributed by atoms with Crippen LogP contribution < -0.4 is 10.6 Å². The number of guanidine groups is 1. The van der Waals surface area contributed by atoms with Gasteiger partial charge in [0.05, 0.1) is 6.26 Å². The molecule has 0 aliphatic heterocycles. The van der Waals surface area contributed by atoms with Gasteiger partial charge in [0.15, 0.2) is 5.96 Å². The SMILES string of the molecule is CCN(CC)Cc1ccccc1CNC(=NC)NCCCOCc1ccco1. The van der Waals surface area contributed by atoms with Gasteiger partial charge in [-0.1, -0.05) is 38.1 Å². The third kappa shape index (κ3) is 7.74. The van der Waals surface area contributed by atoms with E-state index in [9.17, 15) is 0 Å². The number of benzene rings is 1. The van der Waals surface area contributed by atoms with Crippen molar-refractivity contribution in [3.8, 4) is 0 Å². The van der Waals surface area contributed by atoms with E-state index in [1.54, 1.807) is 13.3 Å². The van der Waals surface area contributed by atoms with Gasteiger partial charge in [-0.05, 0) is 42.8 Å². The van der Waals surface area contributed by atoms with Gasteiger partial charge >= 0.3 is 0 Å². The lowest BCUT2D eigenvalue weighted by atomic mass is 10.1. The first-order valence-electron chi connectivity index (χ1n) is 10.1. The van der Waals surface area contributed by atoms with Crippen molar-refractivity contribution in [2.75, 3.05) is 33.3 Å². The molecule has 1 heterocycles. The van der Waals surface area contributed by atoms with Gasteiger partial charge < -0.3 is 19.8 Å². The molecule has 0 saturated carbocycles. The van der Waals surface area contributed by atoms with E-state index in [4.69, 9.17) is 9.15 Å². The van der Waals surface area contributed by atoms with Crippen molar-refractivity contribution >= 4 is 5.96 Å². The monoisotopic (exact) mass is 386 g/mol. The van der Waals surface area contributed by atoms with E-state index in [-0.39, 0.29) is 0 Å². The number of ether oxygens (including phenoxy) is 1. The van der Waals surface area contributed by atoms with Crippen LogP contribution in [-0.4, -0.2) is 44.1 Å². The molecule has 1 aromatic carbocycles. The quantitative estimate of drug-likeness (QED) is 0.333. The lowest BCUT2D eigenvalue weighted by Gasteiger charge is -2.20. The number of rotatable bonds is 12. The highest BCUT2D eigenvalue weighted by atomic mass is 16.5. The number of aliphatic imine (C=N–C) groups is 1. The molecule has 0 atom stereocenters. The zero-order valence-corrected chi connectivity index (χ0v) is 17.4. The second-order valence-corrected chi connectivity index (χ2v) is 6.57. The lowest BCUT2D eigenvalue weighted by Crippen LogP contribution is -2.37. The minimum atomic E-state index is 0.517. The molecule has 2 N–H and O–H groups in total. The highest BCUT2D eigenvalue weighted by molar-refractivity contribution is 5.79. The Hall–Kier alpha value is -2.31. The van der Waals surface area contributed by atoms with E-state index in [2.05, 4.69) is 58.6 Å². The third-order valence-electron chi connectivity index (χ3n) is 4.66. The molecule has 6 nitrogen and oxygen atoms in total. The topological polar surface area (TPSA) is 62.0 Å². The molecule has 0 aliphatic carbocycles. The summed E-state index contributed by atoms with van der Waals surface area (Å²) in [5, 5.41) is 6.75. The molecule has 0 saturated heterocycles. The Labute approximate surface area is 169 Å². The van der Waals surface area contributed by atoms with Crippen molar-refractivity contribution in [3.05, 3.63) is 59.5 Å². The molecule has 0 amide bonds. The molecule has 0 bridgehead atoms. The predicted octanol–water partition coefficient (Wildman–Crippen LogP) is 3.39. The Morgan fingerprint density at radius 1 is 1.07 bits per heavy atom. The molecular weight excluding hydrogens is 352 g/mol. The van der Waals surface area contributed by atoms with Crippen LogP contribution in [0.1, 0.15) is 37.2 Å². The molecule has 154 valence electrons. The van der Waals surface area contributed by atoms with Gasteiger partial charge in [0.1, 0.15) is 12.4 Å². The number of hydrogen-bond acceptors (Lipinski definition) is 4. The molecule has 0 fully saturated rings. The highest BCUT2D eigenvalue weighted by Crippen LogP contribution is 2.11. The fourth-order valence-electron chi connectivity index (χ4n) is 2.92. The Morgan fingerprint density at radius 3 is 2.54 bits per heavy atom. The lowest BCUT2D eigenvalue weighted by molar-refractivity contribution is 0.105.